The Bertz CT molecular complexity index is 630. The third-order valence-corrected chi connectivity index (χ3v) is 3.28. The van der Waals surface area contributed by atoms with Crippen LogP contribution in [0.25, 0.3) is 0 Å². The van der Waals surface area contributed by atoms with Crippen LogP contribution in [0, 0.1) is 17.1 Å². The predicted molar refractivity (Wildman–Crippen MR) is 57.9 cm³/mol. The van der Waals surface area contributed by atoms with Gasteiger partial charge < -0.3 is 0 Å². The van der Waals surface area contributed by atoms with Gasteiger partial charge in [0.1, 0.15) is 0 Å². The van der Waals surface area contributed by atoms with E-state index in [0.717, 1.165) is 6.07 Å². The number of carbonyl (C=O) groups excluding carboxylic acids is 1. The average molecular weight is 419 g/mol. The molecule has 4 nitrogen and oxygen atoms in total. The van der Waals surface area contributed by atoms with Gasteiger partial charge in [0.05, 0.1) is 0 Å². The van der Waals surface area contributed by atoms with Gasteiger partial charge in [-0.2, -0.15) is 0 Å². The molecule has 0 atom stereocenters. The van der Waals surface area contributed by atoms with E-state index in [4.69, 9.17) is 5.26 Å². The Morgan fingerprint density at radius 3 is 2.82 bits per heavy atom. The Labute approximate surface area is 113 Å². The summed E-state index contributed by atoms with van der Waals surface area (Å²) < 4.78 is 15.1. The Balaban J connectivity index is 2.39. The first-order valence-corrected chi connectivity index (χ1v) is 6.66. The zero-order valence-electron chi connectivity index (χ0n) is 8.59. The van der Waals surface area contributed by atoms with Gasteiger partial charge in [0.25, 0.3) is 0 Å². The molecule has 0 fully saturated rings. The Morgan fingerprint density at radius 2 is 2.29 bits per heavy atom. The summed E-state index contributed by atoms with van der Waals surface area (Å²) in [4.78, 5) is 15.8. The molecule has 0 saturated carbocycles. The standard InChI is InChI=1S/C11H6FN3O.Tl/c12-9-3-7(1-2-8(9)4-13)11(16)10-5-14-6-15-10;/h1-3,5-6H,(H,14,15,16);/q;+1/p-1. The van der Waals surface area contributed by atoms with E-state index < -0.39 is 5.82 Å². The Hall–Kier alpha value is -1.56. The molecule has 17 heavy (non-hydrogen) atoms. The Morgan fingerprint density at radius 1 is 1.53 bits per heavy atom. The van der Waals surface area contributed by atoms with Crippen LogP contribution in [-0.2, 0) is 0 Å². The van der Waals surface area contributed by atoms with E-state index >= 15 is 0 Å². The van der Waals surface area contributed by atoms with Crippen LogP contribution in [0.4, 0.5) is 4.39 Å². The molecule has 0 unspecified atom stereocenters. The molecule has 0 spiro atoms. The molecule has 0 amide bonds. The fourth-order valence-corrected chi connectivity index (χ4v) is 2.16. The van der Waals surface area contributed by atoms with Gasteiger partial charge in [0.15, 0.2) is 0 Å². The molecule has 6 heteroatoms. The van der Waals surface area contributed by atoms with Crippen molar-refractivity contribution in [3.05, 3.63) is 53.4 Å². The van der Waals surface area contributed by atoms with Gasteiger partial charge in [-0.05, 0) is 0 Å². The Kier molecular flexibility index (Phi) is 3.33. The van der Waals surface area contributed by atoms with Crippen molar-refractivity contribution in [2.45, 2.75) is 0 Å². The molecule has 0 saturated heterocycles. The van der Waals surface area contributed by atoms with Crippen molar-refractivity contribution in [3.8, 4) is 6.07 Å². The van der Waals surface area contributed by atoms with Crippen molar-refractivity contribution in [2.75, 3.05) is 0 Å². The molecule has 0 aliphatic carbocycles. The van der Waals surface area contributed by atoms with E-state index in [1.807, 2.05) is 0 Å². The molecule has 1 aromatic heterocycles. The number of nitriles is 1. The van der Waals surface area contributed by atoms with Crippen LogP contribution in [0.2, 0.25) is 0 Å². The van der Waals surface area contributed by atoms with Crippen LogP contribution >= 0.6 is 0 Å². The van der Waals surface area contributed by atoms with Crippen LogP contribution in [-0.4, -0.2) is 39.2 Å². The summed E-state index contributed by atoms with van der Waals surface area (Å²) in [5.74, 6) is -1.03. The number of imidazole rings is 1. The number of hydrogen-bond acceptors (Lipinski definition) is 3. The van der Waals surface area contributed by atoms with Crippen molar-refractivity contribution >= 4 is 31.8 Å². The third kappa shape index (κ3) is 2.41. The summed E-state index contributed by atoms with van der Waals surface area (Å²) in [5.41, 5.74) is 0.415. The molecule has 1 aromatic carbocycles. The fourth-order valence-electron chi connectivity index (χ4n) is 1.35. The van der Waals surface area contributed by atoms with Gasteiger partial charge in [-0.1, -0.05) is 0 Å². The SMILES string of the molecule is N#Cc1ccc(C(=O)c2c[n]([Tl])cn2)cc1F. The van der Waals surface area contributed by atoms with E-state index in [1.165, 1.54) is 12.1 Å². The van der Waals surface area contributed by atoms with Gasteiger partial charge in [-0.15, -0.1) is 0 Å². The third-order valence-electron chi connectivity index (χ3n) is 2.19. The molecular formula is C11H5FN3OTl. The molecule has 0 radical (unpaired) electrons. The minimum atomic E-state index is -0.689. The van der Waals surface area contributed by atoms with Gasteiger partial charge in [0.2, 0.25) is 0 Å². The minimum absolute atomic E-state index is 0.0727. The number of benzene rings is 1. The van der Waals surface area contributed by atoms with Crippen LogP contribution < -0.4 is 0 Å². The second-order valence-corrected chi connectivity index (χ2v) is 5.66. The summed E-state index contributed by atoms with van der Waals surface area (Å²) in [6.07, 6.45) is 3.20. The summed E-state index contributed by atoms with van der Waals surface area (Å²) in [5, 5.41) is 8.58. The van der Waals surface area contributed by atoms with E-state index in [1.54, 1.807) is 21.0 Å². The van der Waals surface area contributed by atoms with Gasteiger partial charge in [-0.25, -0.2) is 0 Å². The van der Waals surface area contributed by atoms with Gasteiger partial charge >= 0.3 is 113 Å². The summed E-state index contributed by atoms with van der Waals surface area (Å²) in [6.45, 7) is 0. The quantitative estimate of drug-likeness (QED) is 0.541. The van der Waals surface area contributed by atoms with Crippen LogP contribution in [0.5, 0.6) is 0 Å². The summed E-state index contributed by atoms with van der Waals surface area (Å²) in [6, 6.07) is 5.49. The number of rotatable bonds is 2. The predicted octanol–water partition coefficient (Wildman–Crippen LogP) is 1.06. The first-order valence-electron chi connectivity index (χ1n) is 4.65. The number of ketones is 1. The number of hydrogen-bond donors (Lipinski definition) is 0. The van der Waals surface area contributed by atoms with Crippen LogP contribution in [0.3, 0.4) is 0 Å². The molecule has 0 aliphatic heterocycles. The molecule has 2 rings (SSSR count). The average Bonchev–Trinajstić information content (AvgIpc) is 2.75. The van der Waals surface area contributed by atoms with Crippen LogP contribution in [0.15, 0.2) is 30.7 Å². The van der Waals surface area contributed by atoms with E-state index in [0.29, 0.717) is 26.1 Å². The van der Waals surface area contributed by atoms with Crippen molar-refractivity contribution < 1.29 is 9.18 Å². The van der Waals surface area contributed by atoms with Gasteiger partial charge in [0, 0.05) is 0 Å². The number of carbonyl (C=O) groups is 1. The summed E-state index contributed by atoms with van der Waals surface area (Å²) in [7, 11) is 0. The second-order valence-electron chi connectivity index (χ2n) is 3.34. The molecule has 0 N–H and O–H groups in total. The first kappa shape index (κ1) is 11.9. The van der Waals surface area contributed by atoms with Crippen molar-refractivity contribution in [3.63, 3.8) is 0 Å². The number of nitrogens with zero attached hydrogens (tertiary/aromatic N) is 3. The van der Waals surface area contributed by atoms with Crippen molar-refractivity contribution in [1.82, 2.24) is 7.36 Å². The van der Waals surface area contributed by atoms with Crippen molar-refractivity contribution in [1.29, 1.82) is 5.26 Å². The molecule has 2 aromatic rings. The number of aromatic nitrogens is 2. The van der Waals surface area contributed by atoms with Crippen molar-refractivity contribution in [2.24, 2.45) is 0 Å². The molecule has 1 heterocycles. The summed E-state index contributed by atoms with van der Waals surface area (Å²) >= 11 is 0.534. The molecule has 80 valence electrons. The molecular weight excluding hydrogens is 414 g/mol. The molecule has 0 aliphatic rings. The first-order chi connectivity index (χ1) is 8.11. The second kappa shape index (κ2) is 4.75. The van der Waals surface area contributed by atoms with Gasteiger partial charge in [-0.3, -0.25) is 0 Å². The van der Waals surface area contributed by atoms with E-state index in [9.17, 15) is 9.18 Å². The fraction of sp³-hybridized carbons (Fsp3) is 0. The monoisotopic (exact) mass is 419 g/mol. The number of halogens is 1. The van der Waals surface area contributed by atoms with E-state index in [-0.39, 0.29) is 22.6 Å². The molecule has 0 bridgehead atoms. The zero-order valence-corrected chi connectivity index (χ0v) is 13.1. The van der Waals surface area contributed by atoms with Crippen LogP contribution in [0.1, 0.15) is 21.6 Å². The maximum absolute atomic E-state index is 13.3. The topological polar surface area (TPSA) is 58.7 Å². The maximum atomic E-state index is 13.3. The van der Waals surface area contributed by atoms with E-state index in [2.05, 4.69) is 4.98 Å². The zero-order chi connectivity index (χ0) is 12.4. The normalized spacial score (nSPS) is 9.82.